The van der Waals surface area contributed by atoms with Crippen molar-refractivity contribution in [1.82, 2.24) is 10.2 Å². The van der Waals surface area contributed by atoms with Gasteiger partial charge in [0.05, 0.1) is 5.60 Å². The molecule has 0 saturated heterocycles. The molecule has 2 N–H and O–H groups in total. The average Bonchev–Trinajstić information content (AvgIpc) is 2.77. The zero-order valence-corrected chi connectivity index (χ0v) is 13.1. The normalized spacial score (nSPS) is 14.4. The van der Waals surface area contributed by atoms with Crippen molar-refractivity contribution in [3.63, 3.8) is 0 Å². The number of likely N-dealkylation sites (N-methyl/N-ethyl adjacent to an activating group) is 1. The van der Waals surface area contributed by atoms with Crippen molar-refractivity contribution in [2.75, 3.05) is 27.2 Å². The molecule has 0 saturated carbocycles. The first-order valence-corrected chi connectivity index (χ1v) is 6.99. The van der Waals surface area contributed by atoms with Crippen LogP contribution in [0.4, 0.5) is 0 Å². The number of hydrogen-bond donors (Lipinski definition) is 2. The molecule has 21 heavy (non-hydrogen) atoms. The van der Waals surface area contributed by atoms with Gasteiger partial charge in [-0.05, 0) is 45.3 Å². The minimum absolute atomic E-state index is 0.141. The fourth-order valence-corrected chi connectivity index (χ4v) is 2.40. The second kappa shape index (κ2) is 6.05. The Morgan fingerprint density at radius 3 is 2.81 bits per heavy atom. The summed E-state index contributed by atoms with van der Waals surface area (Å²) in [4.78, 5) is 13.9. The lowest BCUT2D eigenvalue weighted by atomic mass is 10.1. The molecule has 0 aliphatic carbocycles. The molecule has 0 radical (unpaired) electrons. The Balaban J connectivity index is 2.05. The smallest absolute Gasteiger partial charge is 0.287 e. The quantitative estimate of drug-likeness (QED) is 0.888. The molecular weight excluding hydrogens is 292 g/mol. The van der Waals surface area contributed by atoms with E-state index in [1.54, 1.807) is 31.2 Å². The van der Waals surface area contributed by atoms with Crippen LogP contribution in [0.3, 0.4) is 0 Å². The van der Waals surface area contributed by atoms with Crippen LogP contribution in [0.15, 0.2) is 28.7 Å². The van der Waals surface area contributed by atoms with E-state index in [0.29, 0.717) is 17.2 Å². The first-order chi connectivity index (χ1) is 9.77. The van der Waals surface area contributed by atoms with Gasteiger partial charge in [0, 0.05) is 23.5 Å². The number of carbonyl (C=O) groups is 1. The van der Waals surface area contributed by atoms with Gasteiger partial charge in [0.15, 0.2) is 5.76 Å². The third kappa shape index (κ3) is 4.20. The first kappa shape index (κ1) is 15.8. The Hall–Kier alpha value is -1.56. The second-order valence-electron chi connectivity index (χ2n) is 5.71. The number of furan rings is 1. The molecule has 6 heteroatoms. The van der Waals surface area contributed by atoms with Crippen molar-refractivity contribution in [3.8, 4) is 0 Å². The van der Waals surface area contributed by atoms with Gasteiger partial charge < -0.3 is 19.7 Å². The number of fused-ring (bicyclic) bond motifs is 1. The van der Waals surface area contributed by atoms with Crippen molar-refractivity contribution < 1.29 is 14.3 Å². The highest BCUT2D eigenvalue weighted by Crippen LogP contribution is 2.23. The number of nitrogens with one attached hydrogen (secondary N) is 1. The molecule has 0 bridgehead atoms. The Morgan fingerprint density at radius 2 is 2.14 bits per heavy atom. The molecule has 1 aromatic carbocycles. The van der Waals surface area contributed by atoms with Crippen LogP contribution < -0.4 is 5.32 Å². The van der Waals surface area contributed by atoms with Crippen LogP contribution in [0.2, 0.25) is 5.02 Å². The summed E-state index contributed by atoms with van der Waals surface area (Å²) in [6, 6.07) is 6.80. The van der Waals surface area contributed by atoms with E-state index in [2.05, 4.69) is 5.32 Å². The van der Waals surface area contributed by atoms with Gasteiger partial charge in [-0.1, -0.05) is 11.6 Å². The maximum atomic E-state index is 12.1. The maximum absolute atomic E-state index is 12.1. The van der Waals surface area contributed by atoms with Crippen LogP contribution in [0.1, 0.15) is 17.5 Å². The zero-order chi connectivity index (χ0) is 15.6. The monoisotopic (exact) mass is 310 g/mol. The molecule has 114 valence electrons. The summed E-state index contributed by atoms with van der Waals surface area (Å²) in [5, 5.41) is 14.2. The summed E-state index contributed by atoms with van der Waals surface area (Å²) in [5.41, 5.74) is -0.404. The van der Waals surface area contributed by atoms with E-state index in [-0.39, 0.29) is 18.2 Å². The lowest BCUT2D eigenvalue weighted by Gasteiger charge is -2.26. The number of nitrogens with zero attached hydrogens (tertiary/aromatic N) is 1. The summed E-state index contributed by atoms with van der Waals surface area (Å²) in [6.45, 7) is 2.26. The standard InChI is InChI=1S/C15H19ClN2O3/c1-15(20,9-18(2)3)8-17-14(19)13-7-10-6-11(16)4-5-12(10)21-13/h4-7,20H,8-9H2,1-3H3,(H,17,19). The van der Waals surface area contributed by atoms with Gasteiger partial charge in [0.25, 0.3) is 5.91 Å². The molecule has 2 aromatic rings. The molecule has 0 fully saturated rings. The van der Waals surface area contributed by atoms with E-state index in [4.69, 9.17) is 16.0 Å². The molecule has 0 aliphatic heterocycles. The number of halogens is 1. The molecule has 1 amide bonds. The maximum Gasteiger partial charge on any atom is 0.287 e. The fourth-order valence-electron chi connectivity index (χ4n) is 2.22. The van der Waals surface area contributed by atoms with Gasteiger partial charge in [-0.25, -0.2) is 0 Å². The third-order valence-corrected chi connectivity index (χ3v) is 3.22. The van der Waals surface area contributed by atoms with Gasteiger partial charge in [-0.3, -0.25) is 4.79 Å². The van der Waals surface area contributed by atoms with E-state index in [1.807, 2.05) is 19.0 Å². The molecule has 1 atom stereocenters. The van der Waals surface area contributed by atoms with Crippen molar-refractivity contribution >= 4 is 28.5 Å². The Morgan fingerprint density at radius 1 is 1.43 bits per heavy atom. The molecule has 1 unspecified atom stereocenters. The van der Waals surface area contributed by atoms with Gasteiger partial charge >= 0.3 is 0 Å². The molecule has 1 aromatic heterocycles. The van der Waals surface area contributed by atoms with Crippen LogP contribution in [-0.4, -0.2) is 48.7 Å². The first-order valence-electron chi connectivity index (χ1n) is 6.61. The molecule has 0 aliphatic rings. The number of carbonyl (C=O) groups excluding carboxylic acids is 1. The Kier molecular flexibility index (Phi) is 4.56. The minimum atomic E-state index is -1.01. The topological polar surface area (TPSA) is 65.7 Å². The Labute approximate surface area is 128 Å². The number of amides is 1. The number of aliphatic hydroxyl groups is 1. The van der Waals surface area contributed by atoms with E-state index < -0.39 is 5.60 Å². The SMILES string of the molecule is CN(C)CC(C)(O)CNC(=O)c1cc2cc(Cl)ccc2o1. The molecule has 2 rings (SSSR count). The second-order valence-corrected chi connectivity index (χ2v) is 6.15. The van der Waals surface area contributed by atoms with Gasteiger partial charge in [-0.15, -0.1) is 0 Å². The highest BCUT2D eigenvalue weighted by atomic mass is 35.5. The number of benzene rings is 1. The van der Waals surface area contributed by atoms with E-state index >= 15 is 0 Å². The van der Waals surface area contributed by atoms with Crippen LogP contribution >= 0.6 is 11.6 Å². The largest absolute Gasteiger partial charge is 0.451 e. The van der Waals surface area contributed by atoms with Crippen molar-refractivity contribution in [2.45, 2.75) is 12.5 Å². The van der Waals surface area contributed by atoms with Crippen LogP contribution in [0.5, 0.6) is 0 Å². The van der Waals surface area contributed by atoms with Gasteiger partial charge in [0.2, 0.25) is 0 Å². The zero-order valence-electron chi connectivity index (χ0n) is 12.3. The summed E-state index contributed by atoms with van der Waals surface area (Å²) < 4.78 is 5.47. The highest BCUT2D eigenvalue weighted by molar-refractivity contribution is 6.31. The third-order valence-electron chi connectivity index (χ3n) is 2.99. The fraction of sp³-hybridized carbons (Fsp3) is 0.400. The number of rotatable bonds is 5. The van der Waals surface area contributed by atoms with E-state index in [9.17, 15) is 9.90 Å². The van der Waals surface area contributed by atoms with Crippen molar-refractivity contribution in [3.05, 3.63) is 35.0 Å². The predicted octanol–water partition coefficient (Wildman–Crippen LogP) is 2.13. The lowest BCUT2D eigenvalue weighted by molar-refractivity contribution is 0.0322. The Bertz CT molecular complexity index is 649. The highest BCUT2D eigenvalue weighted by Gasteiger charge is 2.23. The molecular formula is C15H19ClN2O3. The molecule has 5 nitrogen and oxygen atoms in total. The van der Waals surface area contributed by atoms with Crippen LogP contribution in [-0.2, 0) is 0 Å². The van der Waals surface area contributed by atoms with Gasteiger partial charge in [-0.2, -0.15) is 0 Å². The van der Waals surface area contributed by atoms with Crippen LogP contribution in [0.25, 0.3) is 11.0 Å². The minimum Gasteiger partial charge on any atom is -0.451 e. The number of hydrogen-bond acceptors (Lipinski definition) is 4. The predicted molar refractivity (Wildman–Crippen MR) is 82.7 cm³/mol. The lowest BCUT2D eigenvalue weighted by Crippen LogP contribution is -2.47. The summed E-state index contributed by atoms with van der Waals surface area (Å²) in [5.74, 6) is -0.158. The summed E-state index contributed by atoms with van der Waals surface area (Å²) in [6.07, 6.45) is 0. The van der Waals surface area contributed by atoms with Gasteiger partial charge in [0.1, 0.15) is 5.58 Å². The van der Waals surface area contributed by atoms with E-state index in [1.165, 1.54) is 0 Å². The van der Waals surface area contributed by atoms with Crippen molar-refractivity contribution in [2.24, 2.45) is 0 Å². The molecule has 1 heterocycles. The van der Waals surface area contributed by atoms with Crippen molar-refractivity contribution in [1.29, 1.82) is 0 Å². The summed E-state index contributed by atoms with van der Waals surface area (Å²) >= 11 is 5.90. The average molecular weight is 311 g/mol. The summed E-state index contributed by atoms with van der Waals surface area (Å²) in [7, 11) is 3.72. The van der Waals surface area contributed by atoms with Crippen LogP contribution in [0, 0.1) is 0 Å². The molecule has 0 spiro atoms. The van der Waals surface area contributed by atoms with E-state index in [0.717, 1.165) is 5.39 Å².